The van der Waals surface area contributed by atoms with Gasteiger partial charge in [-0.05, 0) is 49.2 Å². The van der Waals surface area contributed by atoms with E-state index in [9.17, 15) is 14.4 Å². The molecule has 0 spiro atoms. The summed E-state index contributed by atoms with van der Waals surface area (Å²) in [4.78, 5) is 41.1. The van der Waals surface area contributed by atoms with Crippen molar-refractivity contribution >= 4 is 29.3 Å². The highest BCUT2D eigenvalue weighted by Crippen LogP contribution is 2.26. The lowest BCUT2D eigenvalue weighted by Crippen LogP contribution is -2.41. The topological polar surface area (TPSA) is 116 Å². The van der Waals surface area contributed by atoms with Crippen LogP contribution in [0.25, 0.3) is 0 Å². The standard InChI is InChI=1S/C32H31N3O6/c1-22(36)41-32(2,3)31(38)34-26-14-15-29(33-19-26)35-30(37)25-16-27(39-20-23-10-6-4-7-11-23)18-28(17-25)40-21-24-12-8-5-9-13-24/h4-19H,20-21H2,1-3H3,(H,34,38)(H,33,35,37). The maximum atomic E-state index is 13.2. The zero-order valence-electron chi connectivity index (χ0n) is 23.0. The van der Waals surface area contributed by atoms with Crippen LogP contribution in [0.1, 0.15) is 42.3 Å². The van der Waals surface area contributed by atoms with Crippen molar-refractivity contribution in [1.29, 1.82) is 0 Å². The number of nitrogens with one attached hydrogen (secondary N) is 2. The van der Waals surface area contributed by atoms with Gasteiger partial charge in [0, 0.05) is 18.6 Å². The second kappa shape index (κ2) is 13.3. The Morgan fingerprint density at radius 2 is 1.32 bits per heavy atom. The highest BCUT2D eigenvalue weighted by atomic mass is 16.6. The Hall–Kier alpha value is -5.18. The predicted molar refractivity (Wildman–Crippen MR) is 155 cm³/mol. The third kappa shape index (κ3) is 8.66. The first-order chi connectivity index (χ1) is 19.7. The van der Waals surface area contributed by atoms with Crippen LogP contribution in [0, 0.1) is 0 Å². The smallest absolute Gasteiger partial charge is 0.303 e. The summed E-state index contributed by atoms with van der Waals surface area (Å²) in [6.07, 6.45) is 1.39. The Balaban J connectivity index is 1.46. The van der Waals surface area contributed by atoms with Gasteiger partial charge >= 0.3 is 5.97 Å². The van der Waals surface area contributed by atoms with Gasteiger partial charge < -0.3 is 24.8 Å². The molecule has 0 aliphatic carbocycles. The van der Waals surface area contributed by atoms with E-state index in [0.717, 1.165) is 11.1 Å². The summed E-state index contributed by atoms with van der Waals surface area (Å²) in [5, 5.41) is 5.40. The van der Waals surface area contributed by atoms with Gasteiger partial charge in [0.25, 0.3) is 11.8 Å². The molecule has 0 fully saturated rings. The number of carbonyl (C=O) groups is 3. The first-order valence-electron chi connectivity index (χ1n) is 12.9. The lowest BCUT2D eigenvalue weighted by molar-refractivity contribution is -0.160. The Morgan fingerprint density at radius 3 is 1.80 bits per heavy atom. The molecule has 1 aromatic heterocycles. The maximum absolute atomic E-state index is 13.2. The van der Waals surface area contributed by atoms with Gasteiger partial charge in [0.1, 0.15) is 30.5 Å². The second-order valence-electron chi connectivity index (χ2n) is 9.69. The fraction of sp³-hybridized carbons (Fsp3) is 0.188. The molecule has 2 amide bonds. The first-order valence-corrected chi connectivity index (χ1v) is 12.9. The molecule has 0 aliphatic heterocycles. The summed E-state index contributed by atoms with van der Waals surface area (Å²) in [6.45, 7) is 4.86. The molecule has 0 bridgehead atoms. The normalized spacial score (nSPS) is 10.8. The zero-order chi connectivity index (χ0) is 29.2. The lowest BCUT2D eigenvalue weighted by atomic mass is 10.1. The van der Waals surface area contributed by atoms with E-state index in [2.05, 4.69) is 15.6 Å². The van der Waals surface area contributed by atoms with Crippen molar-refractivity contribution in [2.45, 2.75) is 39.6 Å². The Bertz CT molecular complexity index is 1430. The molecular formula is C32H31N3O6. The first kappa shape index (κ1) is 28.8. The van der Waals surface area contributed by atoms with Crippen LogP contribution in [0.15, 0.2) is 97.2 Å². The average Bonchev–Trinajstić information content (AvgIpc) is 2.96. The third-order valence-corrected chi connectivity index (χ3v) is 5.85. The SMILES string of the molecule is CC(=O)OC(C)(C)C(=O)Nc1ccc(NC(=O)c2cc(OCc3ccccc3)cc(OCc3ccccc3)c2)nc1. The molecule has 0 atom stereocenters. The number of hydrogen-bond acceptors (Lipinski definition) is 7. The fourth-order valence-corrected chi connectivity index (χ4v) is 3.77. The van der Waals surface area contributed by atoms with E-state index in [1.165, 1.54) is 27.0 Å². The van der Waals surface area contributed by atoms with E-state index in [1.807, 2.05) is 60.7 Å². The van der Waals surface area contributed by atoms with Crippen molar-refractivity contribution in [3.8, 4) is 11.5 Å². The fourth-order valence-electron chi connectivity index (χ4n) is 3.77. The highest BCUT2D eigenvalue weighted by molar-refractivity contribution is 6.04. The van der Waals surface area contributed by atoms with Crippen molar-refractivity contribution in [2.24, 2.45) is 0 Å². The van der Waals surface area contributed by atoms with Gasteiger partial charge in [-0.2, -0.15) is 0 Å². The number of ether oxygens (including phenoxy) is 3. The average molecular weight is 554 g/mol. The summed E-state index contributed by atoms with van der Waals surface area (Å²) in [5.74, 6) is -0.266. The molecule has 3 aromatic carbocycles. The molecular weight excluding hydrogens is 522 g/mol. The van der Waals surface area contributed by atoms with Crippen molar-refractivity contribution < 1.29 is 28.6 Å². The van der Waals surface area contributed by atoms with Gasteiger partial charge in [-0.1, -0.05) is 60.7 Å². The number of nitrogens with zero attached hydrogens (tertiary/aromatic N) is 1. The Kier molecular flexibility index (Phi) is 9.32. The summed E-state index contributed by atoms with van der Waals surface area (Å²) in [7, 11) is 0. The highest BCUT2D eigenvalue weighted by Gasteiger charge is 2.31. The van der Waals surface area contributed by atoms with Gasteiger partial charge in [-0.3, -0.25) is 14.4 Å². The number of hydrogen-bond donors (Lipinski definition) is 2. The predicted octanol–water partition coefficient (Wildman–Crippen LogP) is 5.77. The number of esters is 1. The van der Waals surface area contributed by atoms with Gasteiger partial charge in [0.05, 0.1) is 11.9 Å². The number of anilines is 2. The molecule has 41 heavy (non-hydrogen) atoms. The maximum Gasteiger partial charge on any atom is 0.303 e. The largest absolute Gasteiger partial charge is 0.489 e. The number of aromatic nitrogens is 1. The molecule has 1 heterocycles. The number of amides is 2. The van der Waals surface area contributed by atoms with Gasteiger partial charge in [0.15, 0.2) is 5.60 Å². The molecule has 210 valence electrons. The molecule has 9 heteroatoms. The summed E-state index contributed by atoms with van der Waals surface area (Å²) in [6, 6.07) is 27.6. The summed E-state index contributed by atoms with van der Waals surface area (Å²) in [5.41, 5.74) is 1.32. The number of pyridine rings is 1. The van der Waals surface area contributed by atoms with Crippen LogP contribution in [-0.2, 0) is 27.5 Å². The number of benzene rings is 3. The van der Waals surface area contributed by atoms with E-state index in [-0.39, 0.29) is 5.82 Å². The minimum Gasteiger partial charge on any atom is -0.489 e. The molecule has 4 aromatic rings. The molecule has 2 N–H and O–H groups in total. The van der Waals surface area contributed by atoms with E-state index in [0.29, 0.717) is 36.0 Å². The molecule has 0 radical (unpaired) electrons. The molecule has 4 rings (SSSR count). The molecule has 0 unspecified atom stereocenters. The molecule has 9 nitrogen and oxygen atoms in total. The van der Waals surface area contributed by atoms with Crippen molar-refractivity contribution in [3.05, 3.63) is 114 Å². The van der Waals surface area contributed by atoms with Gasteiger partial charge in [0.2, 0.25) is 0 Å². The quantitative estimate of drug-likeness (QED) is 0.227. The van der Waals surface area contributed by atoms with E-state index < -0.39 is 23.4 Å². The van der Waals surface area contributed by atoms with Gasteiger partial charge in [-0.15, -0.1) is 0 Å². The molecule has 0 saturated heterocycles. The number of carbonyl (C=O) groups excluding carboxylic acids is 3. The van der Waals surface area contributed by atoms with Crippen LogP contribution in [0.3, 0.4) is 0 Å². The lowest BCUT2D eigenvalue weighted by Gasteiger charge is -2.23. The van der Waals surface area contributed by atoms with E-state index >= 15 is 0 Å². The van der Waals surface area contributed by atoms with E-state index in [4.69, 9.17) is 14.2 Å². The number of rotatable bonds is 11. The minimum atomic E-state index is -1.35. The van der Waals surface area contributed by atoms with Crippen LogP contribution >= 0.6 is 0 Å². The van der Waals surface area contributed by atoms with E-state index in [1.54, 1.807) is 30.3 Å². The van der Waals surface area contributed by atoms with Crippen molar-refractivity contribution in [1.82, 2.24) is 4.98 Å². The second-order valence-corrected chi connectivity index (χ2v) is 9.69. The van der Waals surface area contributed by atoms with Crippen LogP contribution < -0.4 is 20.1 Å². The van der Waals surface area contributed by atoms with Crippen molar-refractivity contribution in [2.75, 3.05) is 10.6 Å². The summed E-state index contributed by atoms with van der Waals surface area (Å²) < 4.78 is 17.0. The van der Waals surface area contributed by atoms with Crippen LogP contribution in [0.5, 0.6) is 11.5 Å². The van der Waals surface area contributed by atoms with Crippen LogP contribution in [-0.4, -0.2) is 28.4 Å². The molecule has 0 saturated carbocycles. The van der Waals surface area contributed by atoms with Gasteiger partial charge in [-0.25, -0.2) is 4.98 Å². The Morgan fingerprint density at radius 1 is 0.756 bits per heavy atom. The molecule has 0 aliphatic rings. The third-order valence-electron chi connectivity index (χ3n) is 5.85. The van der Waals surface area contributed by atoms with Crippen LogP contribution in [0.2, 0.25) is 0 Å². The Labute approximate surface area is 238 Å². The van der Waals surface area contributed by atoms with Crippen molar-refractivity contribution in [3.63, 3.8) is 0 Å². The zero-order valence-corrected chi connectivity index (χ0v) is 23.0. The summed E-state index contributed by atoms with van der Waals surface area (Å²) >= 11 is 0. The minimum absolute atomic E-state index is 0.273. The van der Waals surface area contributed by atoms with Crippen LogP contribution in [0.4, 0.5) is 11.5 Å². The monoisotopic (exact) mass is 553 g/mol.